The summed E-state index contributed by atoms with van der Waals surface area (Å²) in [6, 6.07) is 2.83. The minimum atomic E-state index is -0.550. The molecule has 6 nitrogen and oxygen atoms in total. The fourth-order valence-corrected chi connectivity index (χ4v) is 1.31. The summed E-state index contributed by atoms with van der Waals surface area (Å²) in [5, 5.41) is 13.1. The van der Waals surface area contributed by atoms with Gasteiger partial charge in [0.2, 0.25) is 5.95 Å². The first-order chi connectivity index (χ1) is 8.02. The molecule has 0 saturated carbocycles. The number of nitro groups is 1. The maximum atomic E-state index is 12.6. The Kier molecular flexibility index (Phi) is 4.38. The molecular weight excluding hydrogens is 227 g/mol. The van der Waals surface area contributed by atoms with Crippen LogP contribution in [-0.4, -0.2) is 28.9 Å². The van der Waals surface area contributed by atoms with E-state index < -0.39 is 10.9 Å². The van der Waals surface area contributed by atoms with Gasteiger partial charge in [0.15, 0.2) is 5.82 Å². The summed E-state index contributed by atoms with van der Waals surface area (Å²) in [7, 11) is 3.28. The van der Waals surface area contributed by atoms with Crippen molar-refractivity contribution in [3.8, 4) is 0 Å². The molecule has 1 aromatic rings. The number of nitrogens with one attached hydrogen (secondary N) is 1. The molecule has 0 aliphatic heterocycles. The van der Waals surface area contributed by atoms with Crippen LogP contribution in [-0.2, 0) is 6.54 Å². The largest absolute Gasteiger partial charge is 0.370 e. The third-order valence-electron chi connectivity index (χ3n) is 2.10. The van der Waals surface area contributed by atoms with Crippen LogP contribution in [0, 0.1) is 16.1 Å². The Balaban J connectivity index is 2.73. The van der Waals surface area contributed by atoms with Gasteiger partial charge in [-0.25, -0.2) is 4.98 Å². The number of nitrogens with zero attached hydrogens (tertiary/aromatic N) is 3. The van der Waals surface area contributed by atoms with Gasteiger partial charge in [0.05, 0.1) is 4.92 Å². The van der Waals surface area contributed by atoms with Gasteiger partial charge in [0.25, 0.3) is 6.20 Å². The Morgan fingerprint density at radius 3 is 2.88 bits per heavy atom. The van der Waals surface area contributed by atoms with Crippen LogP contribution in [0.15, 0.2) is 30.4 Å². The number of rotatable bonds is 5. The molecule has 1 N–H and O–H groups in total. The van der Waals surface area contributed by atoms with E-state index in [-0.39, 0.29) is 0 Å². The fraction of sp³-hybridized carbons (Fsp3) is 0.300. The first-order valence-electron chi connectivity index (χ1n) is 4.87. The normalized spacial score (nSPS) is 11.1. The third kappa shape index (κ3) is 4.06. The molecule has 0 atom stereocenters. The number of pyridine rings is 1. The second kappa shape index (κ2) is 5.78. The quantitative estimate of drug-likeness (QED) is 0.471. The lowest BCUT2D eigenvalue weighted by Gasteiger charge is -2.19. The maximum absolute atomic E-state index is 12.6. The van der Waals surface area contributed by atoms with Gasteiger partial charge in [-0.2, -0.15) is 4.39 Å². The molecule has 17 heavy (non-hydrogen) atoms. The molecule has 1 heterocycles. The van der Waals surface area contributed by atoms with E-state index in [1.54, 1.807) is 25.1 Å². The Hall–Kier alpha value is -2.18. The van der Waals surface area contributed by atoms with Crippen molar-refractivity contribution in [1.82, 2.24) is 15.2 Å². The molecular formula is C10H13FN4O2. The van der Waals surface area contributed by atoms with E-state index in [0.717, 1.165) is 11.8 Å². The van der Waals surface area contributed by atoms with Crippen molar-refractivity contribution in [2.75, 3.05) is 14.1 Å². The van der Waals surface area contributed by atoms with Crippen LogP contribution in [0.3, 0.4) is 0 Å². The molecule has 92 valence electrons. The summed E-state index contributed by atoms with van der Waals surface area (Å²) in [5.74, 6) is -0.189. The van der Waals surface area contributed by atoms with Crippen molar-refractivity contribution in [2.45, 2.75) is 6.54 Å². The Bertz CT molecular complexity index is 419. The first kappa shape index (κ1) is 12.9. The van der Waals surface area contributed by atoms with Crippen molar-refractivity contribution in [3.05, 3.63) is 52.0 Å². The van der Waals surface area contributed by atoms with Gasteiger partial charge in [-0.1, -0.05) is 6.07 Å². The average Bonchev–Trinajstić information content (AvgIpc) is 2.28. The summed E-state index contributed by atoms with van der Waals surface area (Å²) < 4.78 is 12.6. The molecule has 0 fully saturated rings. The highest BCUT2D eigenvalue weighted by molar-refractivity contribution is 5.10. The van der Waals surface area contributed by atoms with E-state index in [9.17, 15) is 14.5 Å². The third-order valence-corrected chi connectivity index (χ3v) is 2.10. The Morgan fingerprint density at radius 1 is 1.71 bits per heavy atom. The monoisotopic (exact) mass is 240 g/mol. The summed E-state index contributed by atoms with van der Waals surface area (Å²) >= 11 is 0. The lowest BCUT2D eigenvalue weighted by Crippen LogP contribution is -2.26. The van der Waals surface area contributed by atoms with Gasteiger partial charge in [0, 0.05) is 26.8 Å². The van der Waals surface area contributed by atoms with Gasteiger partial charge in [-0.3, -0.25) is 10.1 Å². The van der Waals surface area contributed by atoms with E-state index in [0.29, 0.717) is 12.4 Å². The molecule has 1 rings (SSSR count). The second-order valence-electron chi connectivity index (χ2n) is 3.39. The molecule has 0 radical (unpaired) electrons. The van der Waals surface area contributed by atoms with Gasteiger partial charge < -0.3 is 10.2 Å². The van der Waals surface area contributed by atoms with Gasteiger partial charge >= 0.3 is 0 Å². The summed E-state index contributed by atoms with van der Waals surface area (Å²) in [4.78, 5) is 15.0. The first-order valence-corrected chi connectivity index (χ1v) is 4.87. The second-order valence-corrected chi connectivity index (χ2v) is 3.39. The minimum Gasteiger partial charge on any atom is -0.370 e. The van der Waals surface area contributed by atoms with Crippen LogP contribution >= 0.6 is 0 Å². The van der Waals surface area contributed by atoms with Crippen LogP contribution in [0.4, 0.5) is 4.39 Å². The predicted molar refractivity (Wildman–Crippen MR) is 59.8 cm³/mol. The van der Waals surface area contributed by atoms with Gasteiger partial charge in [0.1, 0.15) is 0 Å². The topological polar surface area (TPSA) is 71.3 Å². The SMILES string of the molecule is CN/C(=C\[N+](=O)[O-])N(C)Cc1ccc(F)nc1. The van der Waals surface area contributed by atoms with Crippen LogP contribution < -0.4 is 5.32 Å². The molecule has 0 unspecified atom stereocenters. The van der Waals surface area contributed by atoms with E-state index in [4.69, 9.17) is 0 Å². The smallest absolute Gasteiger partial charge is 0.274 e. The highest BCUT2D eigenvalue weighted by Gasteiger charge is 2.08. The van der Waals surface area contributed by atoms with Gasteiger partial charge in [-0.15, -0.1) is 0 Å². The Morgan fingerprint density at radius 2 is 2.41 bits per heavy atom. The van der Waals surface area contributed by atoms with E-state index in [1.165, 1.54) is 12.3 Å². The highest BCUT2D eigenvalue weighted by atomic mass is 19.1. The zero-order chi connectivity index (χ0) is 12.8. The standard InChI is InChI=1S/C10H13FN4O2/c1-12-10(7-15(16)17)14(2)6-8-3-4-9(11)13-5-8/h3-5,7,12H,6H2,1-2H3/b10-7+. The molecule has 0 aliphatic rings. The van der Waals surface area contributed by atoms with Crippen LogP contribution in [0.5, 0.6) is 0 Å². The summed E-state index contributed by atoms with van der Waals surface area (Å²) in [6.07, 6.45) is 2.27. The van der Waals surface area contributed by atoms with Crippen molar-refractivity contribution in [1.29, 1.82) is 0 Å². The zero-order valence-electron chi connectivity index (χ0n) is 9.55. The van der Waals surface area contributed by atoms with Crippen molar-refractivity contribution in [3.63, 3.8) is 0 Å². The van der Waals surface area contributed by atoms with Gasteiger partial charge in [-0.05, 0) is 11.6 Å². The molecule has 0 aliphatic carbocycles. The number of halogens is 1. The maximum Gasteiger partial charge on any atom is 0.274 e. The molecule has 0 amide bonds. The van der Waals surface area contributed by atoms with Crippen molar-refractivity contribution >= 4 is 0 Å². The average molecular weight is 240 g/mol. The number of hydrogen-bond acceptors (Lipinski definition) is 5. The molecule has 0 bridgehead atoms. The highest BCUT2D eigenvalue weighted by Crippen LogP contribution is 2.06. The molecule has 1 aromatic heterocycles. The lowest BCUT2D eigenvalue weighted by molar-refractivity contribution is -0.404. The summed E-state index contributed by atoms with van der Waals surface area (Å²) in [5.41, 5.74) is 0.762. The number of hydrogen-bond donors (Lipinski definition) is 1. The molecule has 0 aromatic carbocycles. The minimum absolute atomic E-state index is 0.360. The number of aromatic nitrogens is 1. The molecule has 0 saturated heterocycles. The van der Waals surface area contributed by atoms with Crippen LogP contribution in [0.2, 0.25) is 0 Å². The van der Waals surface area contributed by atoms with Crippen LogP contribution in [0.1, 0.15) is 5.56 Å². The Labute approximate surface area is 97.9 Å². The van der Waals surface area contributed by atoms with E-state index >= 15 is 0 Å². The van der Waals surface area contributed by atoms with E-state index in [1.807, 2.05) is 0 Å². The van der Waals surface area contributed by atoms with Crippen molar-refractivity contribution in [2.24, 2.45) is 0 Å². The molecule has 0 spiro atoms. The predicted octanol–water partition coefficient (Wildman–Crippen LogP) is 0.948. The fourth-order valence-electron chi connectivity index (χ4n) is 1.31. The van der Waals surface area contributed by atoms with E-state index in [2.05, 4.69) is 10.3 Å². The summed E-state index contributed by atoms with van der Waals surface area (Å²) in [6.45, 7) is 0.397. The molecule has 7 heteroatoms. The van der Waals surface area contributed by atoms with Crippen molar-refractivity contribution < 1.29 is 9.31 Å². The van der Waals surface area contributed by atoms with Crippen LogP contribution in [0.25, 0.3) is 0 Å². The zero-order valence-corrected chi connectivity index (χ0v) is 9.55. The lowest BCUT2D eigenvalue weighted by atomic mass is 10.3.